The van der Waals surface area contributed by atoms with Crippen LogP contribution in [-0.4, -0.2) is 32.8 Å². The topological polar surface area (TPSA) is 69.9 Å². The molecule has 2 heterocycles. The van der Waals surface area contributed by atoms with Gasteiger partial charge in [0.25, 0.3) is 0 Å². The van der Waals surface area contributed by atoms with Gasteiger partial charge in [0.05, 0.1) is 12.8 Å². The van der Waals surface area contributed by atoms with Crippen LogP contribution in [0.1, 0.15) is 16.2 Å². The maximum Gasteiger partial charge on any atom is 0.356 e. The molecule has 6 nitrogen and oxygen atoms in total. The molecule has 6 heteroatoms. The van der Waals surface area contributed by atoms with E-state index in [2.05, 4.69) is 15.1 Å². The fourth-order valence-electron chi connectivity index (χ4n) is 2.09. The van der Waals surface area contributed by atoms with Crippen LogP contribution in [0.4, 0.5) is 0 Å². The predicted molar refractivity (Wildman–Crippen MR) is 80.7 cm³/mol. The number of nitrogens with zero attached hydrogens (tertiary/aromatic N) is 4. The molecule has 0 atom stereocenters. The van der Waals surface area contributed by atoms with Crippen LogP contribution in [-0.2, 0) is 4.74 Å². The zero-order chi connectivity index (χ0) is 15.5. The van der Waals surface area contributed by atoms with E-state index in [-0.39, 0.29) is 5.69 Å². The molecule has 0 saturated heterocycles. The van der Waals surface area contributed by atoms with Crippen molar-refractivity contribution in [3.63, 3.8) is 0 Å². The minimum atomic E-state index is -0.472. The molecule has 0 aliphatic carbocycles. The Kier molecular flexibility index (Phi) is 3.65. The Labute approximate surface area is 127 Å². The number of benzene rings is 1. The highest BCUT2D eigenvalue weighted by Gasteiger charge is 2.11. The van der Waals surface area contributed by atoms with Crippen molar-refractivity contribution in [2.45, 2.75) is 6.92 Å². The first kappa shape index (κ1) is 13.9. The van der Waals surface area contributed by atoms with Crippen LogP contribution in [0.2, 0.25) is 0 Å². The van der Waals surface area contributed by atoms with Gasteiger partial charge in [-0.15, -0.1) is 0 Å². The first-order chi connectivity index (χ1) is 10.7. The van der Waals surface area contributed by atoms with E-state index in [1.54, 1.807) is 16.9 Å². The number of carbonyl (C=O) groups is 1. The van der Waals surface area contributed by atoms with Gasteiger partial charge < -0.3 is 4.74 Å². The zero-order valence-corrected chi connectivity index (χ0v) is 12.2. The molecule has 0 aliphatic rings. The van der Waals surface area contributed by atoms with E-state index in [0.29, 0.717) is 11.5 Å². The lowest BCUT2D eigenvalue weighted by Gasteiger charge is -2.06. The number of hydrogen-bond donors (Lipinski definition) is 0. The number of aryl methyl sites for hydroxylation is 1. The molecule has 0 N–H and O–H groups in total. The highest BCUT2D eigenvalue weighted by Crippen LogP contribution is 2.18. The third-order valence-corrected chi connectivity index (χ3v) is 3.14. The van der Waals surface area contributed by atoms with Gasteiger partial charge in [-0.2, -0.15) is 5.10 Å². The minimum Gasteiger partial charge on any atom is -0.464 e. The Hall–Kier alpha value is -3.02. The van der Waals surface area contributed by atoms with Crippen LogP contribution in [0.3, 0.4) is 0 Å². The number of methoxy groups -OCH3 is 1. The highest BCUT2D eigenvalue weighted by atomic mass is 16.5. The predicted octanol–water partition coefficient (Wildman–Crippen LogP) is 2.42. The fourth-order valence-corrected chi connectivity index (χ4v) is 2.09. The average molecular weight is 294 g/mol. The lowest BCUT2D eigenvalue weighted by atomic mass is 10.2. The lowest BCUT2D eigenvalue weighted by Crippen LogP contribution is -2.07. The smallest absolute Gasteiger partial charge is 0.356 e. The molecule has 1 aromatic carbocycles. The van der Waals surface area contributed by atoms with Gasteiger partial charge in [0.2, 0.25) is 0 Å². The fraction of sp³-hybridized carbons (Fsp3) is 0.125. The summed E-state index contributed by atoms with van der Waals surface area (Å²) in [6.45, 7) is 1.82. The van der Waals surface area contributed by atoms with Crippen molar-refractivity contribution < 1.29 is 9.53 Å². The number of carbonyl (C=O) groups excluding carboxylic acids is 1. The van der Waals surface area contributed by atoms with Gasteiger partial charge >= 0.3 is 5.97 Å². The molecule has 0 saturated carbocycles. The molecule has 0 unspecified atom stereocenters. The normalized spacial score (nSPS) is 10.5. The van der Waals surface area contributed by atoms with Gasteiger partial charge in [-0.05, 0) is 43.3 Å². The standard InChI is InChI=1S/C16H14N4O2/c1-11-10-14(16(21)22-2)19-15(18-11)12-4-6-13(7-5-12)20-9-3-8-17-20/h3-10H,1-2H3. The Morgan fingerprint density at radius 3 is 2.59 bits per heavy atom. The molecular formula is C16H14N4O2. The SMILES string of the molecule is COC(=O)c1cc(C)nc(-c2ccc(-n3cccn3)cc2)n1. The molecule has 0 aliphatic heterocycles. The van der Waals surface area contributed by atoms with E-state index in [9.17, 15) is 4.79 Å². The monoisotopic (exact) mass is 294 g/mol. The second-order valence-corrected chi connectivity index (χ2v) is 4.71. The van der Waals surface area contributed by atoms with Crippen molar-refractivity contribution >= 4 is 5.97 Å². The summed E-state index contributed by atoms with van der Waals surface area (Å²) in [7, 11) is 1.33. The van der Waals surface area contributed by atoms with E-state index in [0.717, 1.165) is 11.3 Å². The molecule has 0 bridgehead atoms. The van der Waals surface area contributed by atoms with E-state index in [1.165, 1.54) is 7.11 Å². The maximum atomic E-state index is 11.6. The van der Waals surface area contributed by atoms with Gasteiger partial charge in [0.1, 0.15) is 0 Å². The number of aromatic nitrogens is 4. The molecule has 0 spiro atoms. The van der Waals surface area contributed by atoms with Crippen molar-refractivity contribution in [2.75, 3.05) is 7.11 Å². The van der Waals surface area contributed by atoms with Gasteiger partial charge in [-0.1, -0.05) is 0 Å². The molecule has 3 aromatic rings. The van der Waals surface area contributed by atoms with Gasteiger partial charge in [-0.3, -0.25) is 0 Å². The Morgan fingerprint density at radius 1 is 1.18 bits per heavy atom. The van der Waals surface area contributed by atoms with Crippen molar-refractivity contribution in [1.29, 1.82) is 0 Å². The van der Waals surface area contributed by atoms with Crippen LogP contribution >= 0.6 is 0 Å². The van der Waals surface area contributed by atoms with E-state index in [4.69, 9.17) is 4.74 Å². The van der Waals surface area contributed by atoms with Crippen molar-refractivity contribution in [3.8, 4) is 17.1 Å². The molecule has 22 heavy (non-hydrogen) atoms. The average Bonchev–Trinajstić information content (AvgIpc) is 3.08. The first-order valence-electron chi connectivity index (χ1n) is 6.72. The second-order valence-electron chi connectivity index (χ2n) is 4.71. The molecule has 0 fully saturated rings. The van der Waals surface area contributed by atoms with Crippen LogP contribution in [0, 0.1) is 6.92 Å². The van der Waals surface area contributed by atoms with Gasteiger partial charge in [0, 0.05) is 23.7 Å². The summed E-state index contributed by atoms with van der Waals surface area (Å²) in [5.41, 5.74) is 2.72. The molecular weight excluding hydrogens is 280 g/mol. The Bertz CT molecular complexity index is 796. The molecule has 0 radical (unpaired) electrons. The third kappa shape index (κ3) is 2.71. The van der Waals surface area contributed by atoms with E-state index < -0.39 is 5.97 Å². The summed E-state index contributed by atoms with van der Waals surface area (Å²) in [4.78, 5) is 20.3. The molecule has 2 aromatic heterocycles. The summed E-state index contributed by atoms with van der Waals surface area (Å²) in [5, 5.41) is 4.18. The summed E-state index contributed by atoms with van der Waals surface area (Å²) in [6, 6.07) is 11.1. The zero-order valence-electron chi connectivity index (χ0n) is 12.2. The van der Waals surface area contributed by atoms with E-state index in [1.807, 2.05) is 43.5 Å². The summed E-state index contributed by atoms with van der Waals surface area (Å²) < 4.78 is 6.47. The Balaban J connectivity index is 1.97. The largest absolute Gasteiger partial charge is 0.464 e. The molecule has 0 amide bonds. The number of rotatable bonds is 3. The molecule has 3 rings (SSSR count). The van der Waals surface area contributed by atoms with Crippen molar-refractivity contribution in [2.24, 2.45) is 0 Å². The van der Waals surface area contributed by atoms with Crippen molar-refractivity contribution in [1.82, 2.24) is 19.7 Å². The van der Waals surface area contributed by atoms with Crippen LogP contribution in [0.15, 0.2) is 48.8 Å². The second kappa shape index (κ2) is 5.77. The number of ether oxygens (including phenoxy) is 1. The quantitative estimate of drug-likeness (QED) is 0.694. The van der Waals surface area contributed by atoms with Crippen LogP contribution in [0.25, 0.3) is 17.1 Å². The van der Waals surface area contributed by atoms with E-state index >= 15 is 0 Å². The first-order valence-corrected chi connectivity index (χ1v) is 6.72. The minimum absolute atomic E-state index is 0.251. The number of esters is 1. The summed E-state index contributed by atoms with van der Waals surface area (Å²) in [6.07, 6.45) is 3.59. The highest BCUT2D eigenvalue weighted by molar-refractivity contribution is 5.87. The van der Waals surface area contributed by atoms with Crippen LogP contribution in [0.5, 0.6) is 0 Å². The van der Waals surface area contributed by atoms with Crippen molar-refractivity contribution in [3.05, 3.63) is 60.2 Å². The Morgan fingerprint density at radius 2 is 1.95 bits per heavy atom. The number of hydrogen-bond acceptors (Lipinski definition) is 5. The maximum absolute atomic E-state index is 11.6. The van der Waals surface area contributed by atoms with Crippen LogP contribution < -0.4 is 0 Å². The third-order valence-electron chi connectivity index (χ3n) is 3.14. The summed E-state index contributed by atoms with van der Waals surface area (Å²) >= 11 is 0. The lowest BCUT2D eigenvalue weighted by molar-refractivity contribution is 0.0594. The molecule has 110 valence electrons. The van der Waals surface area contributed by atoms with Gasteiger partial charge in [-0.25, -0.2) is 19.4 Å². The summed E-state index contributed by atoms with van der Waals surface area (Å²) in [5.74, 6) is 0.0207. The van der Waals surface area contributed by atoms with Gasteiger partial charge in [0.15, 0.2) is 11.5 Å².